The first-order valence-corrected chi connectivity index (χ1v) is 10.5. The minimum absolute atomic E-state index is 0.127. The largest absolute Gasteiger partial charge is 0.492 e. The summed E-state index contributed by atoms with van der Waals surface area (Å²) in [5.74, 6) is 1.74. The topological polar surface area (TPSA) is 38.8 Å². The summed E-state index contributed by atoms with van der Waals surface area (Å²) in [6.07, 6.45) is 10.1. The van der Waals surface area contributed by atoms with E-state index in [-0.39, 0.29) is 11.8 Å². The lowest BCUT2D eigenvalue weighted by molar-refractivity contribution is -0.119. The Labute approximate surface area is 178 Å². The maximum atomic E-state index is 13.1. The van der Waals surface area contributed by atoms with Gasteiger partial charge in [0.2, 0.25) is 5.91 Å². The molecule has 2 aromatic carbocycles. The van der Waals surface area contributed by atoms with Crippen molar-refractivity contribution in [3.05, 3.63) is 65.2 Å². The van der Waals surface area contributed by atoms with Crippen LogP contribution in [0.4, 0.5) is 5.69 Å². The second kappa shape index (κ2) is 8.02. The van der Waals surface area contributed by atoms with Crippen LogP contribution in [0.1, 0.15) is 50.3 Å². The molecule has 1 aliphatic heterocycles. The summed E-state index contributed by atoms with van der Waals surface area (Å²) in [6, 6.07) is 12.2. The van der Waals surface area contributed by atoms with Crippen LogP contribution in [-0.4, -0.2) is 18.6 Å². The number of anilines is 1. The molecule has 1 heterocycles. The molecule has 4 heteroatoms. The van der Waals surface area contributed by atoms with Crippen molar-refractivity contribution < 1.29 is 14.3 Å². The maximum Gasteiger partial charge on any atom is 0.230 e. The average molecular weight is 404 g/mol. The van der Waals surface area contributed by atoms with E-state index in [4.69, 9.17) is 9.47 Å². The molecule has 0 N–H and O–H groups in total. The van der Waals surface area contributed by atoms with E-state index >= 15 is 0 Å². The molecule has 0 saturated heterocycles. The fourth-order valence-electron chi connectivity index (χ4n) is 3.77. The van der Waals surface area contributed by atoms with Gasteiger partial charge >= 0.3 is 0 Å². The van der Waals surface area contributed by atoms with Crippen LogP contribution in [0.25, 0.3) is 12.2 Å². The molecule has 2 aromatic rings. The van der Waals surface area contributed by atoms with Gasteiger partial charge in [-0.05, 0) is 57.4 Å². The summed E-state index contributed by atoms with van der Waals surface area (Å²) in [5.41, 5.74) is 3.56. The Kier molecular flexibility index (Phi) is 5.42. The zero-order chi connectivity index (χ0) is 21.3. The van der Waals surface area contributed by atoms with Gasteiger partial charge in [-0.3, -0.25) is 4.79 Å². The first-order chi connectivity index (χ1) is 14.4. The van der Waals surface area contributed by atoms with E-state index in [0.29, 0.717) is 12.3 Å². The van der Waals surface area contributed by atoms with Gasteiger partial charge in [0.1, 0.15) is 5.60 Å². The Morgan fingerprint density at radius 3 is 2.57 bits per heavy atom. The van der Waals surface area contributed by atoms with Gasteiger partial charge in [-0.2, -0.15) is 0 Å². The molecule has 0 radical (unpaired) electrons. The van der Waals surface area contributed by atoms with Crippen LogP contribution in [0.2, 0.25) is 0 Å². The second-order valence-electron chi connectivity index (χ2n) is 8.51. The van der Waals surface area contributed by atoms with E-state index in [1.807, 2.05) is 74.2 Å². The van der Waals surface area contributed by atoms with Crippen molar-refractivity contribution in [1.29, 1.82) is 0 Å². The summed E-state index contributed by atoms with van der Waals surface area (Å²) in [7, 11) is 1.66. The molecule has 0 unspecified atom stereocenters. The number of methoxy groups -OCH3 is 1. The fourth-order valence-corrected chi connectivity index (χ4v) is 3.77. The zero-order valence-corrected chi connectivity index (χ0v) is 18.1. The van der Waals surface area contributed by atoms with Gasteiger partial charge in [-0.15, -0.1) is 0 Å². The number of rotatable bonds is 6. The molecule has 0 atom stereocenters. The molecule has 1 amide bonds. The second-order valence-corrected chi connectivity index (χ2v) is 8.51. The number of ether oxygens (including phenoxy) is 2. The van der Waals surface area contributed by atoms with Crippen molar-refractivity contribution in [2.45, 2.75) is 45.8 Å². The smallest absolute Gasteiger partial charge is 0.230 e. The molecule has 4 rings (SSSR count). The van der Waals surface area contributed by atoms with Crippen molar-refractivity contribution >= 4 is 23.7 Å². The highest BCUT2D eigenvalue weighted by Crippen LogP contribution is 2.42. The zero-order valence-electron chi connectivity index (χ0n) is 18.1. The third-order valence-electron chi connectivity index (χ3n) is 5.54. The van der Waals surface area contributed by atoms with E-state index in [9.17, 15) is 4.79 Å². The molecule has 0 aromatic heterocycles. The number of allylic oxidation sites excluding steroid dienone is 1. The van der Waals surface area contributed by atoms with Gasteiger partial charge in [0.05, 0.1) is 13.7 Å². The molecule has 4 nitrogen and oxygen atoms in total. The van der Waals surface area contributed by atoms with Crippen LogP contribution in [0.3, 0.4) is 0 Å². The third-order valence-corrected chi connectivity index (χ3v) is 5.54. The van der Waals surface area contributed by atoms with Crippen LogP contribution in [0.15, 0.2) is 48.6 Å². The molecule has 1 fully saturated rings. The molecule has 30 heavy (non-hydrogen) atoms. The summed E-state index contributed by atoms with van der Waals surface area (Å²) in [5, 5.41) is 0. The highest BCUT2D eigenvalue weighted by Gasteiger charge is 2.35. The molecule has 0 bridgehead atoms. The number of benzene rings is 2. The van der Waals surface area contributed by atoms with Gasteiger partial charge < -0.3 is 14.4 Å². The lowest BCUT2D eigenvalue weighted by atomic mass is 9.99. The van der Waals surface area contributed by atoms with E-state index in [1.165, 1.54) is 0 Å². The Bertz CT molecular complexity index is 998. The van der Waals surface area contributed by atoms with Crippen LogP contribution in [0, 0.1) is 5.92 Å². The number of carbonyl (C=O) groups excluding carboxylic acids is 1. The first-order valence-electron chi connectivity index (χ1n) is 10.5. The van der Waals surface area contributed by atoms with Crippen LogP contribution in [-0.2, 0) is 11.3 Å². The predicted molar refractivity (Wildman–Crippen MR) is 122 cm³/mol. The van der Waals surface area contributed by atoms with Gasteiger partial charge in [-0.25, -0.2) is 0 Å². The molecule has 0 spiro atoms. The van der Waals surface area contributed by atoms with Crippen molar-refractivity contribution in [3.63, 3.8) is 0 Å². The van der Waals surface area contributed by atoms with E-state index in [2.05, 4.69) is 12.2 Å². The highest BCUT2D eigenvalue weighted by atomic mass is 16.5. The van der Waals surface area contributed by atoms with Crippen LogP contribution < -0.4 is 14.4 Å². The number of hydrogen-bond acceptors (Lipinski definition) is 3. The lowest BCUT2D eigenvalue weighted by Gasteiger charge is -2.31. The highest BCUT2D eigenvalue weighted by molar-refractivity contribution is 5.96. The monoisotopic (exact) mass is 403 g/mol. The van der Waals surface area contributed by atoms with E-state index in [0.717, 1.165) is 41.0 Å². The lowest BCUT2D eigenvalue weighted by Crippen LogP contribution is -2.32. The number of fused-ring (bicyclic) bond motifs is 1. The van der Waals surface area contributed by atoms with E-state index in [1.54, 1.807) is 7.11 Å². The summed E-state index contributed by atoms with van der Waals surface area (Å²) in [4.78, 5) is 15.0. The standard InChI is InChI=1S/C26H29NO3/c1-5-6-18-7-13-22(14-8-18)27(25(28)20-10-11-20)17-21-12-9-19-15-16-26(2,3)30-24(19)23(21)29-4/h5-9,12-16,20H,10-11,17H2,1-4H3/b6-5+. The fraction of sp³-hybridized carbons (Fsp3) is 0.346. The summed E-state index contributed by atoms with van der Waals surface area (Å²) >= 11 is 0. The Morgan fingerprint density at radius 1 is 1.20 bits per heavy atom. The normalized spacial score (nSPS) is 16.8. The van der Waals surface area contributed by atoms with Gasteiger partial charge in [0.25, 0.3) is 0 Å². The maximum absolute atomic E-state index is 13.1. The summed E-state index contributed by atoms with van der Waals surface area (Å²) in [6.45, 7) is 6.49. The van der Waals surface area contributed by atoms with Crippen molar-refractivity contribution in [2.75, 3.05) is 12.0 Å². The SMILES string of the molecule is C/C=C/c1ccc(N(Cc2ccc3c(c2OC)OC(C)(C)C=C3)C(=O)C2CC2)cc1. The number of nitrogens with zero attached hydrogens (tertiary/aromatic N) is 1. The van der Waals surface area contributed by atoms with Crippen molar-refractivity contribution in [1.82, 2.24) is 0 Å². The molecule has 1 aliphatic carbocycles. The van der Waals surface area contributed by atoms with Gasteiger partial charge in [0, 0.05) is 22.7 Å². The van der Waals surface area contributed by atoms with E-state index < -0.39 is 5.60 Å². The Balaban J connectivity index is 1.70. The third kappa shape index (κ3) is 4.13. The molecule has 1 saturated carbocycles. The minimum Gasteiger partial charge on any atom is -0.492 e. The minimum atomic E-state index is -0.398. The van der Waals surface area contributed by atoms with Crippen LogP contribution in [0.5, 0.6) is 11.5 Å². The Hall–Kier alpha value is -3.01. The number of hydrogen-bond donors (Lipinski definition) is 0. The molecule has 156 valence electrons. The first kappa shape index (κ1) is 20.3. The quantitative estimate of drug-likeness (QED) is 0.607. The molecule has 2 aliphatic rings. The molecular weight excluding hydrogens is 374 g/mol. The predicted octanol–water partition coefficient (Wildman–Crippen LogP) is 5.86. The average Bonchev–Trinajstić information content (AvgIpc) is 3.57. The van der Waals surface area contributed by atoms with Crippen molar-refractivity contribution in [3.8, 4) is 11.5 Å². The van der Waals surface area contributed by atoms with Crippen LogP contribution >= 0.6 is 0 Å². The number of amides is 1. The van der Waals surface area contributed by atoms with Crippen molar-refractivity contribution in [2.24, 2.45) is 5.92 Å². The molecular formula is C26H29NO3. The number of carbonyl (C=O) groups is 1. The van der Waals surface area contributed by atoms with Gasteiger partial charge in [-0.1, -0.05) is 42.5 Å². The summed E-state index contributed by atoms with van der Waals surface area (Å²) < 4.78 is 12.0. The van der Waals surface area contributed by atoms with Gasteiger partial charge in [0.15, 0.2) is 11.5 Å². The Morgan fingerprint density at radius 2 is 1.93 bits per heavy atom.